The van der Waals surface area contributed by atoms with Crippen molar-refractivity contribution in [2.75, 3.05) is 20.3 Å². The van der Waals surface area contributed by atoms with Crippen LogP contribution in [-0.4, -0.2) is 36.2 Å². The second-order valence-electron chi connectivity index (χ2n) is 7.70. The highest BCUT2D eigenvalue weighted by Crippen LogP contribution is 2.37. The van der Waals surface area contributed by atoms with Crippen molar-refractivity contribution in [1.82, 2.24) is 9.88 Å². The minimum absolute atomic E-state index is 0.271. The van der Waals surface area contributed by atoms with E-state index in [9.17, 15) is 4.79 Å². The molecule has 0 aliphatic carbocycles. The van der Waals surface area contributed by atoms with Gasteiger partial charge < -0.3 is 14.4 Å². The largest absolute Gasteiger partial charge is 0.497 e. The molecular weight excluding hydrogens is 388 g/mol. The first kappa shape index (κ1) is 19.4. The van der Waals surface area contributed by atoms with Crippen molar-refractivity contribution in [3.8, 4) is 17.0 Å². The Labute approximate surface area is 181 Å². The van der Waals surface area contributed by atoms with Crippen molar-refractivity contribution in [3.05, 3.63) is 71.8 Å². The average Bonchev–Trinajstić information content (AvgIpc) is 2.83. The molecule has 0 unspecified atom stereocenters. The quantitative estimate of drug-likeness (QED) is 0.412. The molecule has 3 aromatic carbocycles. The summed E-state index contributed by atoms with van der Waals surface area (Å²) in [5, 5.41) is 3.59. The van der Waals surface area contributed by atoms with E-state index in [4.69, 9.17) is 14.5 Å². The van der Waals surface area contributed by atoms with Crippen LogP contribution in [0.1, 0.15) is 18.1 Å². The second-order valence-corrected chi connectivity index (χ2v) is 7.70. The van der Waals surface area contributed by atoms with E-state index in [0.717, 1.165) is 34.5 Å². The number of amides is 1. The molecule has 0 bridgehead atoms. The number of fused-ring (bicyclic) bond motifs is 5. The Morgan fingerprint density at radius 1 is 1.03 bits per heavy atom. The minimum Gasteiger partial charge on any atom is -0.497 e. The van der Waals surface area contributed by atoms with Gasteiger partial charge in [0, 0.05) is 23.1 Å². The van der Waals surface area contributed by atoms with Gasteiger partial charge in [0.15, 0.2) is 0 Å². The molecule has 0 atom stereocenters. The summed E-state index contributed by atoms with van der Waals surface area (Å²) in [5.74, 6) is 0.803. The predicted octanol–water partition coefficient (Wildman–Crippen LogP) is 5.58. The normalized spacial score (nSPS) is 13.3. The molecular formula is C26H24N2O3. The summed E-state index contributed by atoms with van der Waals surface area (Å²) in [6.07, 6.45) is 0.497. The second kappa shape index (κ2) is 7.91. The van der Waals surface area contributed by atoms with Crippen LogP contribution in [0.25, 0.3) is 32.9 Å². The van der Waals surface area contributed by atoms with E-state index in [1.165, 1.54) is 21.7 Å². The number of pyridine rings is 1. The number of hydrogen-bond donors (Lipinski definition) is 0. The number of benzene rings is 3. The van der Waals surface area contributed by atoms with E-state index < -0.39 is 0 Å². The first-order chi connectivity index (χ1) is 15.2. The lowest BCUT2D eigenvalue weighted by Crippen LogP contribution is -2.37. The Hall–Kier alpha value is -3.60. The standard InChI is InChI=1S/C26H24N2O3/c1-3-31-26(29)28-15-14-21-22(16-28)25(18-8-11-19(30-2)12-9-18)27-23-13-10-17-6-4-5-7-20(17)24(21)23/h4-13H,3,14-16H2,1-2H3. The molecule has 5 nitrogen and oxygen atoms in total. The van der Waals surface area contributed by atoms with Gasteiger partial charge in [-0.25, -0.2) is 9.78 Å². The topological polar surface area (TPSA) is 51.7 Å². The lowest BCUT2D eigenvalue weighted by molar-refractivity contribution is 0.103. The van der Waals surface area contributed by atoms with Gasteiger partial charge in [-0.15, -0.1) is 0 Å². The molecule has 1 aliphatic heterocycles. The van der Waals surface area contributed by atoms with Gasteiger partial charge >= 0.3 is 6.09 Å². The third-order valence-electron chi connectivity index (χ3n) is 5.96. The molecule has 156 valence electrons. The van der Waals surface area contributed by atoms with Crippen LogP contribution < -0.4 is 4.74 Å². The predicted molar refractivity (Wildman–Crippen MR) is 122 cm³/mol. The fourth-order valence-corrected chi connectivity index (χ4v) is 4.47. The fraction of sp³-hybridized carbons (Fsp3) is 0.231. The molecule has 1 aliphatic rings. The number of methoxy groups -OCH3 is 1. The van der Waals surface area contributed by atoms with E-state index in [0.29, 0.717) is 19.7 Å². The maximum atomic E-state index is 12.5. The molecule has 0 spiro atoms. The van der Waals surface area contributed by atoms with Crippen LogP contribution in [0.2, 0.25) is 0 Å². The van der Waals surface area contributed by atoms with Crippen molar-refractivity contribution in [3.63, 3.8) is 0 Å². The zero-order chi connectivity index (χ0) is 21.4. The number of rotatable bonds is 3. The number of ether oxygens (including phenoxy) is 2. The van der Waals surface area contributed by atoms with Crippen LogP contribution in [0.4, 0.5) is 4.79 Å². The summed E-state index contributed by atoms with van der Waals surface area (Å²) in [7, 11) is 1.66. The summed E-state index contributed by atoms with van der Waals surface area (Å²) in [6.45, 7) is 3.33. The molecule has 0 N–H and O–H groups in total. The van der Waals surface area contributed by atoms with Crippen LogP contribution in [0.5, 0.6) is 5.75 Å². The molecule has 0 fully saturated rings. The van der Waals surface area contributed by atoms with E-state index in [1.54, 1.807) is 12.0 Å². The van der Waals surface area contributed by atoms with Crippen LogP contribution in [-0.2, 0) is 17.7 Å². The summed E-state index contributed by atoms with van der Waals surface area (Å²) in [5.41, 5.74) is 5.27. The first-order valence-electron chi connectivity index (χ1n) is 10.6. The molecule has 1 amide bonds. The van der Waals surface area contributed by atoms with Crippen LogP contribution in [0.15, 0.2) is 60.7 Å². The zero-order valence-corrected chi connectivity index (χ0v) is 17.7. The van der Waals surface area contributed by atoms with Gasteiger partial charge in [0.25, 0.3) is 0 Å². The molecule has 0 saturated carbocycles. The van der Waals surface area contributed by atoms with Crippen molar-refractivity contribution < 1.29 is 14.3 Å². The number of carbonyl (C=O) groups is 1. The highest BCUT2D eigenvalue weighted by Gasteiger charge is 2.27. The third kappa shape index (κ3) is 3.36. The summed E-state index contributed by atoms with van der Waals surface area (Å²) >= 11 is 0. The zero-order valence-electron chi connectivity index (χ0n) is 17.7. The van der Waals surface area contributed by atoms with Gasteiger partial charge in [-0.3, -0.25) is 0 Å². The summed E-state index contributed by atoms with van der Waals surface area (Å²) in [4.78, 5) is 19.3. The lowest BCUT2D eigenvalue weighted by atomic mass is 9.89. The molecule has 5 heteroatoms. The maximum absolute atomic E-state index is 12.5. The molecule has 0 saturated heterocycles. The minimum atomic E-state index is -0.271. The Morgan fingerprint density at radius 2 is 1.84 bits per heavy atom. The Bertz CT molecular complexity index is 1280. The van der Waals surface area contributed by atoms with Gasteiger partial charge in [0.1, 0.15) is 5.75 Å². The summed E-state index contributed by atoms with van der Waals surface area (Å²) in [6, 6.07) is 20.6. The van der Waals surface area contributed by atoms with Gasteiger partial charge in [-0.1, -0.05) is 30.3 Å². The van der Waals surface area contributed by atoms with Crippen LogP contribution in [0.3, 0.4) is 0 Å². The Morgan fingerprint density at radius 3 is 2.61 bits per heavy atom. The van der Waals surface area contributed by atoms with Crippen LogP contribution >= 0.6 is 0 Å². The van der Waals surface area contributed by atoms with Gasteiger partial charge in [-0.2, -0.15) is 0 Å². The smallest absolute Gasteiger partial charge is 0.410 e. The van der Waals surface area contributed by atoms with Gasteiger partial charge in [0.05, 0.1) is 31.5 Å². The van der Waals surface area contributed by atoms with Crippen molar-refractivity contribution in [2.45, 2.75) is 19.9 Å². The number of carbonyl (C=O) groups excluding carboxylic acids is 1. The molecule has 1 aromatic heterocycles. The van der Waals surface area contributed by atoms with E-state index >= 15 is 0 Å². The van der Waals surface area contributed by atoms with E-state index in [-0.39, 0.29) is 6.09 Å². The highest BCUT2D eigenvalue weighted by atomic mass is 16.6. The van der Waals surface area contributed by atoms with Gasteiger partial charge in [-0.05, 0) is 60.0 Å². The SMILES string of the molecule is CCOC(=O)N1CCc2c(c(-c3ccc(OC)cc3)nc3ccc4ccccc4c23)C1. The monoisotopic (exact) mass is 412 g/mol. The molecule has 4 aromatic rings. The number of aromatic nitrogens is 1. The first-order valence-corrected chi connectivity index (χ1v) is 10.6. The Kier molecular flexibility index (Phi) is 4.94. The molecule has 0 radical (unpaired) electrons. The third-order valence-corrected chi connectivity index (χ3v) is 5.96. The number of hydrogen-bond acceptors (Lipinski definition) is 4. The van der Waals surface area contributed by atoms with Crippen molar-refractivity contribution in [2.24, 2.45) is 0 Å². The van der Waals surface area contributed by atoms with E-state index in [1.807, 2.05) is 31.2 Å². The van der Waals surface area contributed by atoms with Gasteiger partial charge in [0.2, 0.25) is 0 Å². The Balaban J connectivity index is 1.75. The molecule has 31 heavy (non-hydrogen) atoms. The average molecular weight is 412 g/mol. The number of nitrogens with zero attached hydrogens (tertiary/aromatic N) is 2. The van der Waals surface area contributed by atoms with Crippen molar-refractivity contribution in [1.29, 1.82) is 0 Å². The fourth-order valence-electron chi connectivity index (χ4n) is 4.47. The van der Waals surface area contributed by atoms with Crippen molar-refractivity contribution >= 4 is 27.8 Å². The van der Waals surface area contributed by atoms with E-state index in [2.05, 4.69) is 36.4 Å². The maximum Gasteiger partial charge on any atom is 0.410 e. The molecule has 5 rings (SSSR count). The lowest BCUT2D eigenvalue weighted by Gasteiger charge is -2.30. The summed E-state index contributed by atoms with van der Waals surface area (Å²) < 4.78 is 10.6. The van der Waals surface area contributed by atoms with Crippen LogP contribution in [0, 0.1) is 0 Å². The molecule has 2 heterocycles. The highest BCUT2D eigenvalue weighted by molar-refractivity contribution is 6.09.